The highest BCUT2D eigenvalue weighted by Gasteiger charge is 2.29. The van der Waals surface area contributed by atoms with Crippen LogP contribution in [0.5, 0.6) is 0 Å². The van der Waals surface area contributed by atoms with Crippen LogP contribution in [0.1, 0.15) is 30.9 Å². The van der Waals surface area contributed by atoms with Crippen LogP contribution in [0, 0.1) is 0 Å². The molecule has 1 amide bonds. The Morgan fingerprint density at radius 1 is 1.30 bits per heavy atom. The zero-order chi connectivity index (χ0) is 15.2. The molecule has 0 spiro atoms. The van der Waals surface area contributed by atoms with Gasteiger partial charge < -0.3 is 11.1 Å². The molecular weight excluding hydrogens is 269 g/mol. The molecular formula is C14H19F3N2O. The van der Waals surface area contributed by atoms with Gasteiger partial charge in [0.25, 0.3) is 0 Å². The van der Waals surface area contributed by atoms with Gasteiger partial charge in [0.05, 0.1) is 12.0 Å². The van der Waals surface area contributed by atoms with Crippen molar-refractivity contribution < 1.29 is 18.0 Å². The van der Waals surface area contributed by atoms with Gasteiger partial charge in [0.1, 0.15) is 0 Å². The highest BCUT2D eigenvalue weighted by atomic mass is 19.4. The fourth-order valence-electron chi connectivity index (χ4n) is 1.86. The Labute approximate surface area is 116 Å². The molecule has 0 aliphatic rings. The quantitative estimate of drug-likeness (QED) is 0.845. The molecule has 0 aliphatic carbocycles. The fourth-order valence-corrected chi connectivity index (χ4v) is 1.86. The minimum absolute atomic E-state index is 0.0157. The van der Waals surface area contributed by atoms with Crippen molar-refractivity contribution in [2.75, 3.05) is 6.54 Å². The van der Waals surface area contributed by atoms with Gasteiger partial charge in [0.15, 0.2) is 0 Å². The molecule has 0 saturated heterocycles. The second kappa shape index (κ2) is 7.28. The number of halogens is 3. The fraction of sp³-hybridized carbons (Fsp3) is 0.500. The summed E-state index contributed by atoms with van der Waals surface area (Å²) in [5.41, 5.74) is 5.27. The summed E-state index contributed by atoms with van der Waals surface area (Å²) in [6, 6.07) is 4.64. The number of amides is 1. The van der Waals surface area contributed by atoms with Gasteiger partial charge in [-0.2, -0.15) is 13.2 Å². The van der Waals surface area contributed by atoms with E-state index < -0.39 is 11.7 Å². The van der Waals surface area contributed by atoms with Crippen molar-refractivity contribution in [1.82, 2.24) is 5.32 Å². The summed E-state index contributed by atoms with van der Waals surface area (Å²) >= 11 is 0. The van der Waals surface area contributed by atoms with Gasteiger partial charge in [-0.05, 0) is 37.1 Å². The smallest absolute Gasteiger partial charge is 0.353 e. The first-order valence-corrected chi connectivity index (χ1v) is 6.52. The van der Waals surface area contributed by atoms with Gasteiger partial charge in [-0.15, -0.1) is 0 Å². The molecule has 1 aromatic carbocycles. The average molecular weight is 288 g/mol. The maximum absolute atomic E-state index is 12.4. The molecule has 6 heteroatoms. The van der Waals surface area contributed by atoms with Crippen LogP contribution in [0.3, 0.4) is 0 Å². The Bertz CT molecular complexity index is 429. The third-order valence-corrected chi connectivity index (χ3v) is 3.02. The number of hydrogen-bond acceptors (Lipinski definition) is 2. The van der Waals surface area contributed by atoms with E-state index in [1.54, 1.807) is 0 Å². The summed E-state index contributed by atoms with van der Waals surface area (Å²) < 4.78 is 37.2. The van der Waals surface area contributed by atoms with E-state index in [1.165, 1.54) is 12.1 Å². The standard InChI is InChI=1S/C14H19F3N2O/c1-2-12(7-8-18)19-13(20)9-10-3-5-11(6-4-10)14(15,16)17/h3-6,12H,2,7-9,18H2,1H3,(H,19,20). The summed E-state index contributed by atoms with van der Waals surface area (Å²) in [6.07, 6.45) is -2.82. The van der Waals surface area contributed by atoms with Crippen molar-refractivity contribution in [2.24, 2.45) is 5.73 Å². The summed E-state index contributed by atoms with van der Waals surface area (Å²) in [7, 11) is 0. The average Bonchev–Trinajstić information content (AvgIpc) is 2.37. The Kier molecular flexibility index (Phi) is 6.01. The summed E-state index contributed by atoms with van der Waals surface area (Å²) in [5.74, 6) is -0.204. The van der Waals surface area contributed by atoms with E-state index in [4.69, 9.17) is 5.73 Å². The van der Waals surface area contributed by atoms with Crippen LogP contribution < -0.4 is 11.1 Å². The molecule has 3 nitrogen and oxygen atoms in total. The van der Waals surface area contributed by atoms with E-state index in [9.17, 15) is 18.0 Å². The van der Waals surface area contributed by atoms with Crippen molar-refractivity contribution in [3.05, 3.63) is 35.4 Å². The van der Waals surface area contributed by atoms with Crippen molar-refractivity contribution in [3.8, 4) is 0 Å². The molecule has 1 rings (SSSR count). The molecule has 0 aromatic heterocycles. The summed E-state index contributed by atoms with van der Waals surface area (Å²) in [5, 5.41) is 2.82. The van der Waals surface area contributed by atoms with Gasteiger partial charge in [-0.3, -0.25) is 4.79 Å². The molecule has 1 aromatic rings. The lowest BCUT2D eigenvalue weighted by molar-refractivity contribution is -0.137. The van der Waals surface area contributed by atoms with E-state index in [2.05, 4.69) is 5.32 Å². The normalized spacial score (nSPS) is 13.1. The second-order valence-corrected chi connectivity index (χ2v) is 4.62. The SMILES string of the molecule is CCC(CCN)NC(=O)Cc1ccc(C(F)(F)F)cc1. The predicted molar refractivity (Wildman–Crippen MR) is 71.0 cm³/mol. The number of rotatable bonds is 6. The largest absolute Gasteiger partial charge is 0.416 e. The Hall–Kier alpha value is -1.56. The minimum Gasteiger partial charge on any atom is -0.353 e. The van der Waals surface area contributed by atoms with Crippen LogP contribution in [0.4, 0.5) is 13.2 Å². The minimum atomic E-state index is -4.35. The highest BCUT2D eigenvalue weighted by Crippen LogP contribution is 2.29. The lowest BCUT2D eigenvalue weighted by atomic mass is 10.1. The van der Waals surface area contributed by atoms with Crippen LogP contribution in [-0.2, 0) is 17.4 Å². The monoisotopic (exact) mass is 288 g/mol. The number of carbonyl (C=O) groups is 1. The van der Waals surface area contributed by atoms with Crippen LogP contribution in [0.25, 0.3) is 0 Å². The maximum Gasteiger partial charge on any atom is 0.416 e. The zero-order valence-electron chi connectivity index (χ0n) is 11.3. The first-order valence-electron chi connectivity index (χ1n) is 6.52. The Morgan fingerprint density at radius 3 is 2.35 bits per heavy atom. The van der Waals surface area contributed by atoms with Crippen LogP contribution in [-0.4, -0.2) is 18.5 Å². The number of nitrogens with one attached hydrogen (secondary N) is 1. The van der Waals surface area contributed by atoms with E-state index in [0.29, 0.717) is 18.5 Å². The number of benzene rings is 1. The molecule has 112 valence electrons. The first kappa shape index (κ1) is 16.5. The molecule has 0 heterocycles. The number of carbonyl (C=O) groups excluding carboxylic acids is 1. The van der Waals surface area contributed by atoms with Gasteiger partial charge in [0, 0.05) is 6.04 Å². The lowest BCUT2D eigenvalue weighted by Gasteiger charge is -2.16. The number of hydrogen-bond donors (Lipinski definition) is 2. The number of alkyl halides is 3. The van der Waals surface area contributed by atoms with Gasteiger partial charge in [-0.1, -0.05) is 19.1 Å². The van der Waals surface area contributed by atoms with E-state index >= 15 is 0 Å². The van der Waals surface area contributed by atoms with Crippen molar-refractivity contribution in [1.29, 1.82) is 0 Å². The number of nitrogens with two attached hydrogens (primary N) is 1. The molecule has 1 atom stereocenters. The van der Waals surface area contributed by atoms with Crippen LogP contribution in [0.2, 0.25) is 0 Å². The van der Waals surface area contributed by atoms with Crippen molar-refractivity contribution >= 4 is 5.91 Å². The summed E-state index contributed by atoms with van der Waals surface area (Å²) in [6.45, 7) is 2.43. The van der Waals surface area contributed by atoms with Crippen molar-refractivity contribution in [3.63, 3.8) is 0 Å². The zero-order valence-corrected chi connectivity index (χ0v) is 11.3. The van der Waals surface area contributed by atoms with E-state index in [-0.39, 0.29) is 18.4 Å². The Morgan fingerprint density at radius 2 is 1.90 bits per heavy atom. The third kappa shape index (κ3) is 5.21. The predicted octanol–water partition coefficient (Wildman–Crippen LogP) is 2.49. The van der Waals surface area contributed by atoms with Crippen molar-refractivity contribution in [2.45, 2.75) is 38.4 Å². The molecule has 3 N–H and O–H groups in total. The summed E-state index contributed by atoms with van der Waals surface area (Å²) in [4.78, 5) is 11.8. The highest BCUT2D eigenvalue weighted by molar-refractivity contribution is 5.78. The Balaban J connectivity index is 2.58. The van der Waals surface area contributed by atoms with Crippen LogP contribution in [0.15, 0.2) is 24.3 Å². The second-order valence-electron chi connectivity index (χ2n) is 4.62. The molecule has 0 radical (unpaired) electrons. The van der Waals surface area contributed by atoms with Gasteiger partial charge in [0.2, 0.25) is 5.91 Å². The molecule has 0 saturated carbocycles. The van der Waals surface area contributed by atoms with Crippen LogP contribution >= 0.6 is 0 Å². The molecule has 20 heavy (non-hydrogen) atoms. The van der Waals surface area contributed by atoms with Gasteiger partial charge >= 0.3 is 6.18 Å². The molecule has 0 fully saturated rings. The molecule has 1 unspecified atom stereocenters. The third-order valence-electron chi connectivity index (χ3n) is 3.02. The maximum atomic E-state index is 12.4. The van der Waals surface area contributed by atoms with E-state index in [0.717, 1.165) is 18.6 Å². The topological polar surface area (TPSA) is 55.1 Å². The van der Waals surface area contributed by atoms with Gasteiger partial charge in [-0.25, -0.2) is 0 Å². The lowest BCUT2D eigenvalue weighted by Crippen LogP contribution is -2.36. The molecule has 0 aliphatic heterocycles. The van der Waals surface area contributed by atoms with E-state index in [1.807, 2.05) is 6.92 Å². The molecule has 0 bridgehead atoms. The first-order chi connectivity index (χ1) is 9.36.